The number of nitro benzene ring substituents is 1. The lowest BCUT2D eigenvalue weighted by molar-refractivity contribution is -0.385. The Balaban J connectivity index is 2.33. The van der Waals surface area contributed by atoms with E-state index < -0.39 is 22.1 Å². The van der Waals surface area contributed by atoms with E-state index in [0.29, 0.717) is 0 Å². The number of ether oxygens (including phenoxy) is 1. The monoisotopic (exact) mass is 306 g/mol. The van der Waals surface area contributed by atoms with Crippen LogP contribution in [0.5, 0.6) is 5.75 Å². The summed E-state index contributed by atoms with van der Waals surface area (Å²) in [5.41, 5.74) is -2.13. The highest BCUT2D eigenvalue weighted by molar-refractivity contribution is 6.04. The number of carbonyl (C=O) groups is 1. The van der Waals surface area contributed by atoms with Gasteiger partial charge in [0.05, 0.1) is 12.0 Å². The van der Waals surface area contributed by atoms with Gasteiger partial charge in [0.15, 0.2) is 5.75 Å². The molecule has 0 fully saturated rings. The van der Waals surface area contributed by atoms with Gasteiger partial charge < -0.3 is 15.0 Å². The molecule has 22 heavy (non-hydrogen) atoms. The Hall–Kier alpha value is -3.43. The zero-order valence-corrected chi connectivity index (χ0v) is 11.2. The maximum Gasteiger partial charge on any atom is 0.325 e. The zero-order valence-electron chi connectivity index (χ0n) is 11.2. The predicted molar refractivity (Wildman–Crippen MR) is 75.3 cm³/mol. The average molecular weight is 306 g/mol. The van der Waals surface area contributed by atoms with E-state index in [1.807, 2.05) is 4.98 Å². The Bertz CT molecular complexity index is 853. The molecule has 0 aliphatic heterocycles. The van der Waals surface area contributed by atoms with Crippen LogP contribution in [0.15, 0.2) is 34.0 Å². The molecule has 1 amide bonds. The summed E-state index contributed by atoms with van der Waals surface area (Å²) in [6.45, 7) is 0. The van der Waals surface area contributed by atoms with Crippen molar-refractivity contribution >= 4 is 17.3 Å². The number of H-pyrrole nitrogens is 2. The van der Waals surface area contributed by atoms with Crippen molar-refractivity contribution in [3.8, 4) is 5.75 Å². The molecule has 0 aliphatic carbocycles. The number of carbonyl (C=O) groups excluding carboxylic acids is 1. The Morgan fingerprint density at radius 1 is 1.36 bits per heavy atom. The quantitative estimate of drug-likeness (QED) is 0.544. The first kappa shape index (κ1) is 15.0. The normalized spacial score (nSPS) is 10.0. The molecule has 0 atom stereocenters. The van der Waals surface area contributed by atoms with Gasteiger partial charge in [-0.2, -0.15) is 0 Å². The van der Waals surface area contributed by atoms with Crippen molar-refractivity contribution in [1.82, 2.24) is 9.97 Å². The van der Waals surface area contributed by atoms with E-state index in [1.54, 1.807) is 0 Å². The molecule has 10 heteroatoms. The third kappa shape index (κ3) is 3.00. The molecule has 2 rings (SSSR count). The van der Waals surface area contributed by atoms with Crippen LogP contribution in [0.2, 0.25) is 0 Å². The fourth-order valence-corrected chi connectivity index (χ4v) is 1.67. The number of nitro groups is 1. The maximum absolute atomic E-state index is 12.0. The largest absolute Gasteiger partial charge is 0.490 e. The van der Waals surface area contributed by atoms with Crippen molar-refractivity contribution in [1.29, 1.82) is 0 Å². The first-order chi connectivity index (χ1) is 10.4. The fourth-order valence-electron chi connectivity index (χ4n) is 1.67. The Morgan fingerprint density at radius 2 is 2.09 bits per heavy atom. The molecule has 3 N–H and O–H groups in total. The van der Waals surface area contributed by atoms with Crippen molar-refractivity contribution in [2.24, 2.45) is 0 Å². The van der Waals surface area contributed by atoms with Gasteiger partial charge in [-0.3, -0.25) is 24.7 Å². The Morgan fingerprint density at radius 3 is 2.68 bits per heavy atom. The summed E-state index contributed by atoms with van der Waals surface area (Å²) in [5, 5.41) is 13.1. The van der Waals surface area contributed by atoms with E-state index in [0.717, 1.165) is 12.3 Å². The highest BCUT2D eigenvalue weighted by Crippen LogP contribution is 2.27. The van der Waals surface area contributed by atoms with Gasteiger partial charge in [-0.05, 0) is 12.1 Å². The van der Waals surface area contributed by atoms with Crippen molar-refractivity contribution in [2.45, 2.75) is 0 Å². The van der Waals surface area contributed by atoms with Gasteiger partial charge in [0, 0.05) is 17.8 Å². The molecular weight excluding hydrogens is 296 g/mol. The molecule has 0 radical (unpaired) electrons. The average Bonchev–Trinajstić information content (AvgIpc) is 2.49. The lowest BCUT2D eigenvalue weighted by Gasteiger charge is -2.06. The topological polar surface area (TPSA) is 147 Å². The predicted octanol–water partition coefficient (Wildman–Crippen LogP) is 0.232. The minimum atomic E-state index is -0.792. The van der Waals surface area contributed by atoms with Crippen LogP contribution in [0.4, 0.5) is 11.4 Å². The molecule has 1 aromatic carbocycles. The molecule has 2 aromatic rings. The molecule has 1 heterocycles. The fraction of sp³-hybridized carbons (Fsp3) is 0.0833. The summed E-state index contributed by atoms with van der Waals surface area (Å²) in [4.78, 5) is 48.7. The lowest BCUT2D eigenvalue weighted by Crippen LogP contribution is -2.26. The van der Waals surface area contributed by atoms with Crippen LogP contribution in [0.3, 0.4) is 0 Å². The van der Waals surface area contributed by atoms with Gasteiger partial charge in [0.25, 0.3) is 11.5 Å². The number of anilines is 1. The third-order valence-corrected chi connectivity index (χ3v) is 2.71. The van der Waals surface area contributed by atoms with Crippen LogP contribution in [0, 0.1) is 10.1 Å². The van der Waals surface area contributed by atoms with Crippen molar-refractivity contribution in [3.63, 3.8) is 0 Å². The summed E-state index contributed by atoms with van der Waals surface area (Å²) < 4.78 is 4.82. The van der Waals surface area contributed by atoms with E-state index in [-0.39, 0.29) is 22.7 Å². The molecule has 0 spiro atoms. The second-order valence-corrected chi connectivity index (χ2v) is 4.08. The van der Waals surface area contributed by atoms with Crippen LogP contribution in [-0.4, -0.2) is 27.9 Å². The SMILES string of the molecule is COc1ccc(C(=O)Nc2c[nH]c(=O)[nH]c2=O)cc1[N+](=O)[O-]. The number of benzene rings is 1. The van der Waals surface area contributed by atoms with Gasteiger partial charge in [0.2, 0.25) is 0 Å². The summed E-state index contributed by atoms with van der Waals surface area (Å²) in [5.74, 6) is -0.744. The van der Waals surface area contributed by atoms with Crippen LogP contribution in [0.25, 0.3) is 0 Å². The second-order valence-electron chi connectivity index (χ2n) is 4.08. The standard InChI is InChI=1S/C12H10N4O6/c1-22-9-3-2-6(4-8(9)16(20)21)10(17)14-7-5-13-12(19)15-11(7)18/h2-5H,1H3,(H,14,17)(H2,13,15,18,19). The van der Waals surface area contributed by atoms with Gasteiger partial charge in [-0.15, -0.1) is 0 Å². The molecule has 0 saturated carbocycles. The molecule has 0 saturated heterocycles. The number of aromatic amines is 2. The minimum absolute atomic E-state index is 0.00318. The summed E-state index contributed by atoms with van der Waals surface area (Å²) in [6, 6.07) is 3.60. The summed E-state index contributed by atoms with van der Waals surface area (Å²) in [6.07, 6.45) is 1.02. The van der Waals surface area contributed by atoms with E-state index in [1.165, 1.54) is 19.2 Å². The number of methoxy groups -OCH3 is 1. The van der Waals surface area contributed by atoms with Crippen LogP contribution >= 0.6 is 0 Å². The number of nitrogens with one attached hydrogen (secondary N) is 3. The van der Waals surface area contributed by atoms with E-state index >= 15 is 0 Å². The van der Waals surface area contributed by atoms with E-state index in [9.17, 15) is 24.5 Å². The van der Waals surface area contributed by atoms with Crippen molar-refractivity contribution in [3.05, 3.63) is 60.9 Å². The zero-order chi connectivity index (χ0) is 16.3. The first-order valence-corrected chi connectivity index (χ1v) is 5.88. The van der Waals surface area contributed by atoms with Crippen molar-refractivity contribution < 1.29 is 14.5 Å². The highest BCUT2D eigenvalue weighted by atomic mass is 16.6. The lowest BCUT2D eigenvalue weighted by atomic mass is 10.1. The summed E-state index contributed by atoms with van der Waals surface area (Å²) >= 11 is 0. The van der Waals surface area contributed by atoms with E-state index in [4.69, 9.17) is 4.74 Å². The number of nitrogens with zero attached hydrogens (tertiary/aromatic N) is 1. The van der Waals surface area contributed by atoms with Crippen LogP contribution in [-0.2, 0) is 0 Å². The number of amides is 1. The maximum atomic E-state index is 12.0. The third-order valence-electron chi connectivity index (χ3n) is 2.71. The van der Waals surface area contributed by atoms with Crippen molar-refractivity contribution in [2.75, 3.05) is 12.4 Å². The highest BCUT2D eigenvalue weighted by Gasteiger charge is 2.18. The van der Waals surface area contributed by atoms with Gasteiger partial charge in [0.1, 0.15) is 5.69 Å². The molecule has 0 bridgehead atoms. The molecular formula is C12H10N4O6. The number of rotatable bonds is 4. The molecule has 114 valence electrons. The molecule has 0 aliphatic rings. The minimum Gasteiger partial charge on any atom is -0.490 e. The molecule has 10 nitrogen and oxygen atoms in total. The number of hydrogen-bond donors (Lipinski definition) is 3. The first-order valence-electron chi connectivity index (χ1n) is 5.88. The number of aromatic nitrogens is 2. The second kappa shape index (κ2) is 5.91. The Kier molecular flexibility index (Phi) is 4.02. The van der Waals surface area contributed by atoms with E-state index in [2.05, 4.69) is 10.3 Å². The van der Waals surface area contributed by atoms with Gasteiger partial charge in [-0.25, -0.2) is 4.79 Å². The Labute approximate surface area is 121 Å². The number of hydrogen-bond acceptors (Lipinski definition) is 6. The molecule has 0 unspecified atom stereocenters. The van der Waals surface area contributed by atoms with Gasteiger partial charge in [-0.1, -0.05) is 0 Å². The van der Waals surface area contributed by atoms with Gasteiger partial charge >= 0.3 is 11.4 Å². The summed E-state index contributed by atoms with van der Waals surface area (Å²) in [7, 11) is 1.27. The van der Waals surface area contributed by atoms with Crippen LogP contribution < -0.4 is 21.3 Å². The smallest absolute Gasteiger partial charge is 0.325 e. The molecule has 1 aromatic heterocycles. The van der Waals surface area contributed by atoms with Crippen LogP contribution in [0.1, 0.15) is 10.4 Å².